The number of aryl methyl sites for hydroxylation is 1. The van der Waals surface area contributed by atoms with E-state index in [1.165, 1.54) is 0 Å². The van der Waals surface area contributed by atoms with Gasteiger partial charge in [-0.25, -0.2) is 4.68 Å². The molecule has 4 heteroatoms. The zero-order valence-corrected chi connectivity index (χ0v) is 7.83. The van der Waals surface area contributed by atoms with Crippen LogP contribution < -0.4 is 0 Å². The smallest absolute Gasteiger partial charge is 0.151 e. The van der Waals surface area contributed by atoms with E-state index in [0.29, 0.717) is 0 Å². The van der Waals surface area contributed by atoms with Crippen molar-refractivity contribution in [3.8, 4) is 0 Å². The highest BCUT2D eigenvalue weighted by molar-refractivity contribution is 5.79. The molecular weight excluding hydrogens is 176 g/mol. The summed E-state index contributed by atoms with van der Waals surface area (Å²) in [6.07, 6.45) is 3.35. The Morgan fingerprint density at radius 2 is 2.07 bits per heavy atom. The van der Waals surface area contributed by atoms with Gasteiger partial charge in [0.1, 0.15) is 6.33 Å². The van der Waals surface area contributed by atoms with Crippen LogP contribution in [0.4, 0.5) is 0 Å². The molecule has 0 aliphatic carbocycles. The molecule has 2 aromatic rings. The first kappa shape index (κ1) is 8.62. The lowest BCUT2D eigenvalue weighted by Crippen LogP contribution is -1.91. The van der Waals surface area contributed by atoms with Crippen LogP contribution in [0.15, 0.2) is 41.8 Å². The quantitative estimate of drug-likeness (QED) is 0.666. The van der Waals surface area contributed by atoms with Crippen LogP contribution in [0.3, 0.4) is 0 Å². The van der Waals surface area contributed by atoms with E-state index in [1.807, 2.05) is 37.3 Å². The van der Waals surface area contributed by atoms with Crippen molar-refractivity contribution in [2.24, 2.45) is 5.10 Å². The first-order valence-corrected chi connectivity index (χ1v) is 4.32. The fourth-order valence-electron chi connectivity index (χ4n) is 1.07. The largest absolute Gasteiger partial charge is 0.205 e. The third kappa shape index (κ3) is 1.85. The van der Waals surface area contributed by atoms with Gasteiger partial charge in [-0.05, 0) is 12.5 Å². The minimum Gasteiger partial charge on any atom is -0.205 e. The lowest BCUT2D eigenvalue weighted by atomic mass is 10.2. The van der Waals surface area contributed by atoms with E-state index in [4.69, 9.17) is 0 Å². The summed E-state index contributed by atoms with van der Waals surface area (Å²) in [6.45, 7) is 1.86. The minimum atomic E-state index is 0.775. The summed E-state index contributed by atoms with van der Waals surface area (Å²) in [7, 11) is 0. The molecule has 1 aromatic carbocycles. The number of hydrogen-bond acceptors (Lipinski definition) is 3. The summed E-state index contributed by atoms with van der Waals surface area (Å²) in [4.78, 5) is 0. The summed E-state index contributed by atoms with van der Waals surface area (Å²) in [5.41, 5.74) is 1.06. The molecule has 0 saturated carbocycles. The van der Waals surface area contributed by atoms with E-state index in [0.717, 1.165) is 11.4 Å². The van der Waals surface area contributed by atoms with Crippen molar-refractivity contribution in [2.75, 3.05) is 0 Å². The highest BCUT2D eigenvalue weighted by Gasteiger charge is 1.92. The van der Waals surface area contributed by atoms with Gasteiger partial charge in [-0.2, -0.15) is 5.10 Å². The van der Waals surface area contributed by atoms with Crippen molar-refractivity contribution in [2.45, 2.75) is 6.92 Å². The number of benzene rings is 1. The Balaban J connectivity index is 2.20. The van der Waals surface area contributed by atoms with Crippen LogP contribution in [0.5, 0.6) is 0 Å². The molecule has 4 nitrogen and oxygen atoms in total. The van der Waals surface area contributed by atoms with Gasteiger partial charge in [0.25, 0.3) is 0 Å². The lowest BCUT2D eigenvalue weighted by Gasteiger charge is -1.93. The minimum absolute atomic E-state index is 0.775. The molecule has 1 heterocycles. The Bertz CT molecular complexity index is 430. The normalized spacial score (nSPS) is 10.9. The van der Waals surface area contributed by atoms with Gasteiger partial charge in [-0.1, -0.05) is 30.3 Å². The maximum Gasteiger partial charge on any atom is 0.151 e. The van der Waals surface area contributed by atoms with Gasteiger partial charge in [0.2, 0.25) is 0 Å². The molecule has 0 fully saturated rings. The van der Waals surface area contributed by atoms with Crippen LogP contribution in [0.25, 0.3) is 0 Å². The summed E-state index contributed by atoms with van der Waals surface area (Å²) in [6, 6.07) is 9.90. The Kier molecular flexibility index (Phi) is 2.36. The number of hydrogen-bond donors (Lipinski definition) is 0. The van der Waals surface area contributed by atoms with Crippen molar-refractivity contribution in [3.05, 3.63) is 48.0 Å². The third-order valence-corrected chi connectivity index (χ3v) is 1.83. The monoisotopic (exact) mass is 186 g/mol. The molecule has 70 valence electrons. The van der Waals surface area contributed by atoms with Gasteiger partial charge in [-0.3, -0.25) is 0 Å². The maximum atomic E-state index is 4.20. The van der Waals surface area contributed by atoms with Gasteiger partial charge < -0.3 is 0 Å². The second-order valence-electron chi connectivity index (χ2n) is 2.88. The predicted octanol–water partition coefficient (Wildman–Crippen LogP) is 1.47. The van der Waals surface area contributed by atoms with Gasteiger partial charge in [0.15, 0.2) is 5.82 Å². The van der Waals surface area contributed by atoms with E-state index < -0.39 is 0 Å². The number of nitrogens with zero attached hydrogens (tertiary/aromatic N) is 4. The van der Waals surface area contributed by atoms with Crippen LogP contribution >= 0.6 is 0 Å². The van der Waals surface area contributed by atoms with E-state index in [9.17, 15) is 0 Å². The fourth-order valence-corrected chi connectivity index (χ4v) is 1.07. The molecule has 2 rings (SSSR count). The second kappa shape index (κ2) is 3.83. The summed E-state index contributed by atoms with van der Waals surface area (Å²) >= 11 is 0. The SMILES string of the molecule is Cc1nncn1N=Cc1ccccc1. The zero-order chi connectivity index (χ0) is 9.80. The molecule has 0 saturated heterocycles. The molecule has 1 aromatic heterocycles. The Hall–Kier alpha value is -1.97. The molecule has 0 atom stereocenters. The van der Waals surface area contributed by atoms with Crippen LogP contribution in [0, 0.1) is 6.92 Å². The van der Waals surface area contributed by atoms with Gasteiger partial charge >= 0.3 is 0 Å². The topological polar surface area (TPSA) is 43.1 Å². The predicted molar refractivity (Wildman–Crippen MR) is 54.2 cm³/mol. The fraction of sp³-hybridized carbons (Fsp3) is 0.100. The van der Waals surface area contributed by atoms with Crippen molar-refractivity contribution in [3.63, 3.8) is 0 Å². The molecule has 0 spiro atoms. The molecule has 0 N–H and O–H groups in total. The molecular formula is C10H10N4. The van der Waals surface area contributed by atoms with E-state index in [2.05, 4.69) is 15.3 Å². The Morgan fingerprint density at radius 3 is 2.71 bits per heavy atom. The highest BCUT2D eigenvalue weighted by Crippen LogP contribution is 1.96. The van der Waals surface area contributed by atoms with Crippen LogP contribution in [-0.2, 0) is 0 Å². The average Bonchev–Trinajstić information content (AvgIpc) is 2.63. The molecule has 0 amide bonds. The summed E-state index contributed by atoms with van der Waals surface area (Å²) in [5.74, 6) is 0.775. The van der Waals surface area contributed by atoms with E-state index in [-0.39, 0.29) is 0 Å². The van der Waals surface area contributed by atoms with Crippen LogP contribution in [0.2, 0.25) is 0 Å². The van der Waals surface area contributed by atoms with Gasteiger partial charge in [0, 0.05) is 0 Å². The second-order valence-corrected chi connectivity index (χ2v) is 2.88. The van der Waals surface area contributed by atoms with E-state index in [1.54, 1.807) is 17.2 Å². The van der Waals surface area contributed by atoms with Crippen molar-refractivity contribution in [1.82, 2.24) is 14.9 Å². The first-order valence-electron chi connectivity index (χ1n) is 4.32. The molecule has 14 heavy (non-hydrogen) atoms. The number of rotatable bonds is 2. The standard InChI is InChI=1S/C10H10N4/c1-9-13-11-8-14(9)12-7-10-5-3-2-4-6-10/h2-8H,1H3. The first-order chi connectivity index (χ1) is 6.86. The van der Waals surface area contributed by atoms with Crippen LogP contribution in [0.1, 0.15) is 11.4 Å². The number of aromatic nitrogens is 3. The summed E-state index contributed by atoms with van der Waals surface area (Å²) in [5, 5.41) is 11.8. The molecule has 0 aliphatic rings. The van der Waals surface area contributed by atoms with Crippen molar-refractivity contribution in [1.29, 1.82) is 0 Å². The molecule has 0 bridgehead atoms. The van der Waals surface area contributed by atoms with Crippen molar-refractivity contribution < 1.29 is 0 Å². The van der Waals surface area contributed by atoms with Gasteiger partial charge in [-0.15, -0.1) is 10.2 Å². The average molecular weight is 186 g/mol. The third-order valence-electron chi connectivity index (χ3n) is 1.83. The Labute approximate surface area is 81.9 Å². The summed E-state index contributed by atoms with van der Waals surface area (Å²) < 4.78 is 1.63. The lowest BCUT2D eigenvalue weighted by molar-refractivity contribution is 0.832. The zero-order valence-electron chi connectivity index (χ0n) is 7.83. The highest BCUT2D eigenvalue weighted by atomic mass is 15.4. The van der Waals surface area contributed by atoms with Crippen molar-refractivity contribution >= 4 is 6.21 Å². The Morgan fingerprint density at radius 1 is 1.29 bits per heavy atom. The van der Waals surface area contributed by atoms with Crippen LogP contribution in [-0.4, -0.2) is 21.1 Å². The van der Waals surface area contributed by atoms with Gasteiger partial charge in [0.05, 0.1) is 6.21 Å². The van der Waals surface area contributed by atoms with E-state index >= 15 is 0 Å². The molecule has 0 aliphatic heterocycles. The molecule has 0 radical (unpaired) electrons. The maximum absolute atomic E-state index is 4.20. The molecule has 0 unspecified atom stereocenters.